The molecule has 2 nitrogen and oxygen atoms in total. The Labute approximate surface area is 108 Å². The van der Waals surface area contributed by atoms with Crippen LogP contribution in [0, 0.1) is 0 Å². The largest absolute Gasteiger partial charge is 0.312 e. The summed E-state index contributed by atoms with van der Waals surface area (Å²) < 4.78 is 0. The number of rotatable bonds is 1. The lowest BCUT2D eigenvalue weighted by atomic mass is 9.83. The van der Waals surface area contributed by atoms with Gasteiger partial charge in [0, 0.05) is 18.2 Å². The van der Waals surface area contributed by atoms with Crippen molar-refractivity contribution >= 4 is 0 Å². The van der Waals surface area contributed by atoms with E-state index in [1.54, 1.807) is 0 Å². The first kappa shape index (κ1) is 11.4. The van der Waals surface area contributed by atoms with Crippen molar-refractivity contribution in [3.63, 3.8) is 0 Å². The van der Waals surface area contributed by atoms with Gasteiger partial charge in [0.05, 0.1) is 5.69 Å². The maximum Gasteiger partial charge on any atom is 0.0538 e. The predicted molar refractivity (Wildman–Crippen MR) is 74.4 cm³/mol. The molecular weight excluding hydrogens is 220 g/mol. The molecule has 92 valence electrons. The number of fused-ring (bicyclic) bond motifs is 1. The average Bonchev–Trinajstić information content (AvgIpc) is 2.59. The molecule has 1 aromatic rings. The highest BCUT2D eigenvalue weighted by molar-refractivity contribution is 5.46. The van der Waals surface area contributed by atoms with Crippen molar-refractivity contribution < 1.29 is 0 Å². The van der Waals surface area contributed by atoms with Gasteiger partial charge in [0.15, 0.2) is 0 Å². The van der Waals surface area contributed by atoms with E-state index in [1.807, 2.05) is 12.3 Å². The summed E-state index contributed by atoms with van der Waals surface area (Å²) in [5.74, 6) is 0. The zero-order valence-electron chi connectivity index (χ0n) is 10.7. The Kier molecular flexibility index (Phi) is 2.88. The second kappa shape index (κ2) is 4.54. The summed E-state index contributed by atoms with van der Waals surface area (Å²) in [7, 11) is 0. The fourth-order valence-electron chi connectivity index (χ4n) is 2.67. The van der Waals surface area contributed by atoms with E-state index in [0.717, 1.165) is 25.2 Å². The van der Waals surface area contributed by atoms with E-state index in [-0.39, 0.29) is 5.41 Å². The molecule has 0 amide bonds. The molecule has 2 aliphatic rings. The summed E-state index contributed by atoms with van der Waals surface area (Å²) in [5.41, 5.74) is 3.90. The summed E-state index contributed by atoms with van der Waals surface area (Å²) in [5, 5.41) is 3.42. The Balaban J connectivity index is 2.04. The molecule has 1 aliphatic carbocycles. The van der Waals surface area contributed by atoms with E-state index in [9.17, 15) is 0 Å². The third kappa shape index (κ3) is 2.04. The first-order valence-electron chi connectivity index (χ1n) is 6.51. The van der Waals surface area contributed by atoms with Gasteiger partial charge in [-0.05, 0) is 43.2 Å². The minimum atomic E-state index is -0.0911. The molecule has 1 N–H and O–H groups in total. The molecule has 1 fully saturated rings. The Morgan fingerprint density at radius 3 is 3.06 bits per heavy atom. The van der Waals surface area contributed by atoms with Gasteiger partial charge in [-0.1, -0.05) is 30.4 Å². The van der Waals surface area contributed by atoms with Gasteiger partial charge in [0.2, 0.25) is 0 Å². The van der Waals surface area contributed by atoms with Gasteiger partial charge in [-0.25, -0.2) is 0 Å². The van der Waals surface area contributed by atoms with Gasteiger partial charge in [0.1, 0.15) is 0 Å². The number of pyridine rings is 1. The highest BCUT2D eigenvalue weighted by Gasteiger charge is 2.25. The highest BCUT2D eigenvalue weighted by atomic mass is 14.9. The van der Waals surface area contributed by atoms with E-state index in [1.165, 1.54) is 11.1 Å². The fourth-order valence-corrected chi connectivity index (χ4v) is 2.67. The van der Waals surface area contributed by atoms with Gasteiger partial charge in [-0.3, -0.25) is 4.98 Å². The van der Waals surface area contributed by atoms with Crippen LogP contribution in [0.4, 0.5) is 0 Å². The summed E-state index contributed by atoms with van der Waals surface area (Å²) in [6, 6.07) is 6.13. The third-order valence-electron chi connectivity index (χ3n) is 3.73. The van der Waals surface area contributed by atoms with Gasteiger partial charge >= 0.3 is 0 Å². The van der Waals surface area contributed by atoms with Crippen LogP contribution in [0.5, 0.6) is 0 Å². The van der Waals surface area contributed by atoms with Crippen molar-refractivity contribution in [1.29, 1.82) is 0 Å². The van der Waals surface area contributed by atoms with E-state index in [2.05, 4.69) is 53.7 Å². The summed E-state index contributed by atoms with van der Waals surface area (Å²) in [6.45, 7) is 4.29. The lowest BCUT2D eigenvalue weighted by Crippen LogP contribution is -2.27. The third-order valence-corrected chi connectivity index (χ3v) is 3.73. The van der Waals surface area contributed by atoms with E-state index >= 15 is 0 Å². The number of piperidine rings is 1. The summed E-state index contributed by atoms with van der Waals surface area (Å²) in [6.07, 6.45) is 12.0. The average molecular weight is 238 g/mol. The second-order valence-corrected chi connectivity index (χ2v) is 5.15. The first-order chi connectivity index (χ1) is 8.78. The van der Waals surface area contributed by atoms with Crippen molar-refractivity contribution in [2.24, 2.45) is 0 Å². The van der Waals surface area contributed by atoms with Crippen molar-refractivity contribution in [1.82, 2.24) is 10.3 Å². The fraction of sp³-hybridized carbons (Fsp3) is 0.312. The number of nitrogens with one attached hydrogen (secondary N) is 1. The molecular formula is C16H18N2. The van der Waals surface area contributed by atoms with Crippen LogP contribution in [-0.2, 0) is 5.41 Å². The maximum absolute atomic E-state index is 4.52. The van der Waals surface area contributed by atoms with Crippen molar-refractivity contribution in [3.8, 4) is 0 Å². The minimum Gasteiger partial charge on any atom is -0.312 e. The lowest BCUT2D eigenvalue weighted by Gasteiger charge is -2.25. The van der Waals surface area contributed by atoms with Crippen molar-refractivity contribution in [2.75, 3.05) is 13.1 Å². The molecule has 0 spiro atoms. The molecule has 18 heavy (non-hydrogen) atoms. The van der Waals surface area contributed by atoms with Crippen LogP contribution in [0.1, 0.15) is 19.0 Å². The molecule has 0 radical (unpaired) electrons. The topological polar surface area (TPSA) is 24.9 Å². The number of nitrogens with zero attached hydrogens (tertiary/aromatic N) is 1. The van der Waals surface area contributed by atoms with Crippen LogP contribution in [0.2, 0.25) is 0 Å². The molecule has 0 saturated carbocycles. The summed E-state index contributed by atoms with van der Waals surface area (Å²) in [4.78, 5) is 4.52. The highest BCUT2D eigenvalue weighted by Crippen LogP contribution is 2.32. The number of hydrogen-bond donors (Lipinski definition) is 1. The lowest BCUT2D eigenvalue weighted by molar-refractivity contribution is 0.662. The molecule has 2 heteroatoms. The molecule has 1 unspecified atom stereocenters. The molecule has 0 aromatic carbocycles. The van der Waals surface area contributed by atoms with Crippen molar-refractivity contribution in [2.45, 2.75) is 18.8 Å². The van der Waals surface area contributed by atoms with E-state index < -0.39 is 0 Å². The van der Waals surface area contributed by atoms with Crippen LogP contribution in [0.25, 0.3) is 0 Å². The zero-order valence-corrected chi connectivity index (χ0v) is 10.7. The maximum atomic E-state index is 4.52. The van der Waals surface area contributed by atoms with Crippen LogP contribution in [0.15, 0.2) is 59.8 Å². The standard InChI is InChI=1S/C16H18N2/c1-16(15-6-2-3-9-18-15)8-4-5-14-12-17-10-7-13(14)11-16/h2-6,8-9,11,17H,7,10,12H2,1H3. The quantitative estimate of drug-likeness (QED) is 0.813. The van der Waals surface area contributed by atoms with Crippen LogP contribution in [-0.4, -0.2) is 18.1 Å². The van der Waals surface area contributed by atoms with Crippen LogP contribution in [0.3, 0.4) is 0 Å². The Bertz CT molecular complexity index is 525. The van der Waals surface area contributed by atoms with Crippen LogP contribution < -0.4 is 5.32 Å². The molecule has 2 heterocycles. The van der Waals surface area contributed by atoms with Gasteiger partial charge in [-0.2, -0.15) is 0 Å². The Morgan fingerprint density at radius 1 is 1.28 bits per heavy atom. The molecule has 0 bridgehead atoms. The van der Waals surface area contributed by atoms with E-state index in [4.69, 9.17) is 0 Å². The predicted octanol–water partition coefficient (Wildman–Crippen LogP) is 2.76. The molecule has 3 rings (SSSR count). The molecule has 1 atom stereocenters. The Morgan fingerprint density at radius 2 is 2.22 bits per heavy atom. The molecule has 1 saturated heterocycles. The number of allylic oxidation sites excluding steroid dienone is 4. The van der Waals surface area contributed by atoms with E-state index in [0.29, 0.717) is 0 Å². The van der Waals surface area contributed by atoms with Gasteiger partial charge < -0.3 is 5.32 Å². The molecule has 1 aromatic heterocycles. The number of hydrogen-bond acceptors (Lipinski definition) is 2. The monoisotopic (exact) mass is 238 g/mol. The van der Waals surface area contributed by atoms with Crippen molar-refractivity contribution in [3.05, 3.63) is 65.5 Å². The molecule has 1 aliphatic heterocycles. The Hall–Kier alpha value is -1.67. The summed E-state index contributed by atoms with van der Waals surface area (Å²) >= 11 is 0. The minimum absolute atomic E-state index is 0.0911. The smallest absolute Gasteiger partial charge is 0.0538 e. The van der Waals surface area contributed by atoms with Gasteiger partial charge in [-0.15, -0.1) is 0 Å². The second-order valence-electron chi connectivity index (χ2n) is 5.15. The normalized spacial score (nSPS) is 26.9. The number of aromatic nitrogens is 1. The van der Waals surface area contributed by atoms with Gasteiger partial charge in [0.25, 0.3) is 0 Å². The zero-order chi connectivity index (χ0) is 12.4. The van der Waals surface area contributed by atoms with Crippen LogP contribution >= 0.6 is 0 Å². The first-order valence-corrected chi connectivity index (χ1v) is 6.51. The SMILES string of the molecule is CC1(c2ccccn2)C=CC=C2CNCCC2=C1.